The minimum atomic E-state index is -4.80. The highest BCUT2D eigenvalue weighted by atomic mass is 19.4. The van der Waals surface area contributed by atoms with E-state index in [9.17, 15) is 27.6 Å². The Kier molecular flexibility index (Phi) is 8.77. The number of halogens is 3. The Morgan fingerprint density at radius 1 is 1.10 bits per heavy atom. The Morgan fingerprint density at radius 3 is 2.49 bits per heavy atom. The van der Waals surface area contributed by atoms with Gasteiger partial charge in [0.05, 0.1) is 18.4 Å². The number of carbonyl (C=O) groups is 3. The molecule has 10 nitrogen and oxygen atoms in total. The molecular formula is C26H28F3N5O5. The highest BCUT2D eigenvalue weighted by Gasteiger charge is 2.39. The molecule has 1 aliphatic rings. The molecule has 0 spiro atoms. The third kappa shape index (κ3) is 7.09. The van der Waals surface area contributed by atoms with Crippen molar-refractivity contribution in [1.82, 2.24) is 25.3 Å². The molecule has 2 aromatic heterocycles. The number of amides is 1. The maximum absolute atomic E-state index is 13.5. The number of para-hydroxylation sites is 1. The second-order valence-electron chi connectivity index (χ2n) is 9.33. The normalized spacial score (nSPS) is 17.5. The molecule has 1 N–H and O–H groups in total. The van der Waals surface area contributed by atoms with Crippen molar-refractivity contribution in [1.29, 1.82) is 0 Å². The lowest BCUT2D eigenvalue weighted by molar-refractivity contribution is -0.142. The van der Waals surface area contributed by atoms with Gasteiger partial charge in [-0.15, -0.1) is 10.2 Å². The van der Waals surface area contributed by atoms with E-state index in [2.05, 4.69) is 25.3 Å². The molecule has 0 bridgehead atoms. The van der Waals surface area contributed by atoms with Gasteiger partial charge in [0.15, 0.2) is 5.69 Å². The van der Waals surface area contributed by atoms with Gasteiger partial charge in [-0.05, 0) is 44.2 Å². The summed E-state index contributed by atoms with van der Waals surface area (Å²) < 4.78 is 51.7. The summed E-state index contributed by atoms with van der Waals surface area (Å²) in [6, 6.07) is 8.19. The summed E-state index contributed by atoms with van der Waals surface area (Å²) in [5.74, 6) is -0.833. The lowest BCUT2D eigenvalue weighted by atomic mass is 9.79. The average molecular weight is 548 g/mol. The Bertz CT molecular complexity index is 1300. The van der Waals surface area contributed by atoms with Crippen molar-refractivity contribution in [2.45, 2.75) is 57.0 Å². The van der Waals surface area contributed by atoms with Crippen LogP contribution in [0.4, 0.5) is 13.2 Å². The quantitative estimate of drug-likeness (QED) is 0.297. The standard InChI is InChI=1S/C26H28F3N5O5/c1-38-22(36)14-21-31-32-25(39-21)17-11-9-16(10-12-17)20(35)8-5-13-30-24(37)19-15-34(18-6-3-2-4-7-18)33-23(19)26(27,28)29/h2-4,6-7,15-17H,5,8-14H2,1H3,(H,30,37). The molecule has 0 atom stereocenters. The summed E-state index contributed by atoms with van der Waals surface area (Å²) >= 11 is 0. The first kappa shape index (κ1) is 28.0. The van der Waals surface area contributed by atoms with Crippen molar-refractivity contribution in [2.24, 2.45) is 5.92 Å². The largest absolute Gasteiger partial charge is 0.469 e. The topological polar surface area (TPSA) is 129 Å². The number of hydrogen-bond acceptors (Lipinski definition) is 8. The number of ketones is 1. The fourth-order valence-corrected chi connectivity index (χ4v) is 4.59. The summed E-state index contributed by atoms with van der Waals surface area (Å²) in [7, 11) is 1.27. The molecule has 1 aliphatic carbocycles. The van der Waals surface area contributed by atoms with Gasteiger partial charge in [-0.1, -0.05) is 18.2 Å². The van der Waals surface area contributed by atoms with Crippen LogP contribution in [0.25, 0.3) is 5.69 Å². The summed E-state index contributed by atoms with van der Waals surface area (Å²) in [6.07, 6.45) is -0.701. The number of aromatic nitrogens is 4. The first-order valence-corrected chi connectivity index (χ1v) is 12.6. The van der Waals surface area contributed by atoms with E-state index in [-0.39, 0.29) is 42.9 Å². The summed E-state index contributed by atoms with van der Waals surface area (Å²) in [5.41, 5.74) is -1.45. The number of nitrogens with one attached hydrogen (secondary N) is 1. The average Bonchev–Trinajstić information content (AvgIpc) is 3.59. The first-order valence-electron chi connectivity index (χ1n) is 12.6. The smallest absolute Gasteiger partial charge is 0.435 e. The fraction of sp³-hybridized carbons (Fsp3) is 0.462. The van der Waals surface area contributed by atoms with Gasteiger partial charge >= 0.3 is 12.1 Å². The number of rotatable bonds is 10. The number of ether oxygens (including phenoxy) is 1. The Morgan fingerprint density at radius 2 is 1.82 bits per heavy atom. The molecule has 1 aromatic carbocycles. The van der Waals surface area contributed by atoms with Gasteiger partial charge < -0.3 is 14.5 Å². The van der Waals surface area contributed by atoms with E-state index in [1.54, 1.807) is 30.3 Å². The number of nitrogens with zero attached hydrogens (tertiary/aromatic N) is 4. The number of benzene rings is 1. The van der Waals surface area contributed by atoms with E-state index in [1.165, 1.54) is 7.11 Å². The lowest BCUT2D eigenvalue weighted by Crippen LogP contribution is -2.27. The van der Waals surface area contributed by atoms with Gasteiger partial charge in [0, 0.05) is 31.0 Å². The number of methoxy groups -OCH3 is 1. The van der Waals surface area contributed by atoms with Crippen LogP contribution in [-0.4, -0.2) is 51.3 Å². The van der Waals surface area contributed by atoms with Crippen LogP contribution in [-0.2, 0) is 26.9 Å². The van der Waals surface area contributed by atoms with E-state index < -0.39 is 29.3 Å². The SMILES string of the molecule is COC(=O)Cc1nnc(C2CCC(C(=O)CCCNC(=O)c3cn(-c4ccccc4)nc3C(F)(F)F)CC2)o1. The maximum atomic E-state index is 13.5. The predicted octanol–water partition coefficient (Wildman–Crippen LogP) is 4.04. The number of esters is 1. The Hall–Kier alpha value is -4.03. The van der Waals surface area contributed by atoms with E-state index in [1.807, 2.05) is 0 Å². The molecule has 1 amide bonds. The van der Waals surface area contributed by atoms with Gasteiger partial charge in [0.2, 0.25) is 11.8 Å². The van der Waals surface area contributed by atoms with Crippen molar-refractivity contribution in [3.05, 3.63) is 59.6 Å². The predicted molar refractivity (Wildman–Crippen MR) is 130 cm³/mol. The molecule has 1 fully saturated rings. The van der Waals surface area contributed by atoms with E-state index >= 15 is 0 Å². The number of carbonyl (C=O) groups excluding carboxylic acids is 3. The molecule has 0 saturated heterocycles. The number of Topliss-reactive ketones (excluding diaryl/α,β-unsaturated/α-hetero) is 1. The molecule has 0 unspecified atom stereocenters. The van der Waals surface area contributed by atoms with Gasteiger partial charge in [-0.2, -0.15) is 18.3 Å². The molecule has 39 heavy (non-hydrogen) atoms. The number of alkyl halides is 3. The fourth-order valence-electron chi connectivity index (χ4n) is 4.59. The van der Waals surface area contributed by atoms with Crippen LogP contribution >= 0.6 is 0 Å². The number of hydrogen-bond donors (Lipinski definition) is 1. The lowest BCUT2D eigenvalue weighted by Gasteiger charge is -2.25. The second kappa shape index (κ2) is 12.2. The molecule has 208 valence electrons. The molecule has 13 heteroatoms. The summed E-state index contributed by atoms with van der Waals surface area (Å²) in [6.45, 7) is 0.0543. The van der Waals surface area contributed by atoms with Crippen molar-refractivity contribution in [3.8, 4) is 5.69 Å². The van der Waals surface area contributed by atoms with Crippen molar-refractivity contribution in [3.63, 3.8) is 0 Å². The third-order valence-electron chi connectivity index (χ3n) is 6.67. The zero-order chi connectivity index (χ0) is 28.0. The van der Waals surface area contributed by atoms with E-state index in [0.29, 0.717) is 43.7 Å². The second-order valence-corrected chi connectivity index (χ2v) is 9.33. The third-order valence-corrected chi connectivity index (χ3v) is 6.67. The van der Waals surface area contributed by atoms with Gasteiger partial charge in [0.1, 0.15) is 12.2 Å². The van der Waals surface area contributed by atoms with Crippen LogP contribution in [0.1, 0.15) is 72.3 Å². The summed E-state index contributed by atoms with van der Waals surface area (Å²) in [5, 5.41) is 13.9. The van der Waals surface area contributed by atoms with Crippen LogP contribution < -0.4 is 5.32 Å². The zero-order valence-electron chi connectivity index (χ0n) is 21.2. The molecule has 0 aliphatic heterocycles. The Balaban J connectivity index is 1.24. The van der Waals surface area contributed by atoms with Crippen LogP contribution in [0.5, 0.6) is 0 Å². The summed E-state index contributed by atoms with van der Waals surface area (Å²) in [4.78, 5) is 36.6. The van der Waals surface area contributed by atoms with Crippen LogP contribution in [0, 0.1) is 5.92 Å². The highest BCUT2D eigenvalue weighted by molar-refractivity contribution is 5.95. The van der Waals surface area contributed by atoms with Crippen LogP contribution in [0.15, 0.2) is 40.9 Å². The molecule has 4 rings (SSSR count). The monoisotopic (exact) mass is 547 g/mol. The van der Waals surface area contributed by atoms with Crippen molar-refractivity contribution in [2.75, 3.05) is 13.7 Å². The molecule has 3 aromatic rings. The molecule has 0 radical (unpaired) electrons. The van der Waals surface area contributed by atoms with Crippen molar-refractivity contribution < 1.29 is 36.7 Å². The van der Waals surface area contributed by atoms with Crippen LogP contribution in [0.3, 0.4) is 0 Å². The highest BCUT2D eigenvalue weighted by Crippen LogP contribution is 2.36. The minimum absolute atomic E-state index is 0.00636. The zero-order valence-corrected chi connectivity index (χ0v) is 21.2. The van der Waals surface area contributed by atoms with Crippen LogP contribution in [0.2, 0.25) is 0 Å². The van der Waals surface area contributed by atoms with E-state index in [4.69, 9.17) is 4.42 Å². The van der Waals surface area contributed by atoms with Gasteiger partial charge in [0.25, 0.3) is 5.91 Å². The van der Waals surface area contributed by atoms with Crippen molar-refractivity contribution >= 4 is 17.7 Å². The van der Waals surface area contributed by atoms with Gasteiger partial charge in [-0.3, -0.25) is 14.4 Å². The molecule has 2 heterocycles. The van der Waals surface area contributed by atoms with E-state index in [0.717, 1.165) is 10.9 Å². The first-order chi connectivity index (χ1) is 18.7. The molecule has 1 saturated carbocycles. The Labute approximate surface area is 221 Å². The maximum Gasteiger partial charge on any atom is 0.435 e. The minimum Gasteiger partial charge on any atom is -0.469 e. The molecular weight excluding hydrogens is 519 g/mol. The van der Waals surface area contributed by atoms with Gasteiger partial charge in [-0.25, -0.2) is 4.68 Å².